The van der Waals surface area contributed by atoms with Crippen molar-refractivity contribution in [1.82, 2.24) is 5.32 Å². The average molecular weight is 316 g/mol. The van der Waals surface area contributed by atoms with Crippen LogP contribution in [0, 0.1) is 0 Å². The van der Waals surface area contributed by atoms with Gasteiger partial charge in [-0.15, -0.1) is 0 Å². The highest BCUT2D eigenvalue weighted by Crippen LogP contribution is 2.37. The number of nitrogens with one attached hydrogen (secondary N) is 1. The molecule has 1 aliphatic rings. The minimum absolute atomic E-state index is 0.0396. The van der Waals surface area contributed by atoms with Crippen molar-refractivity contribution in [2.45, 2.75) is 50.7 Å². The van der Waals surface area contributed by atoms with E-state index in [0.717, 1.165) is 25.8 Å². The zero-order chi connectivity index (χ0) is 14.6. The fourth-order valence-corrected chi connectivity index (χ4v) is 3.58. The van der Waals surface area contributed by atoms with E-state index in [1.165, 1.54) is 18.4 Å². The van der Waals surface area contributed by atoms with Gasteiger partial charge in [0.1, 0.15) is 0 Å². The molecule has 1 aromatic carbocycles. The summed E-state index contributed by atoms with van der Waals surface area (Å²) in [6, 6.07) is 6.21. The van der Waals surface area contributed by atoms with Crippen molar-refractivity contribution in [2.75, 3.05) is 13.7 Å². The maximum Gasteiger partial charge on any atom is 0.0834 e. The van der Waals surface area contributed by atoms with E-state index in [1.807, 2.05) is 19.2 Å². The second-order valence-electron chi connectivity index (χ2n) is 5.54. The van der Waals surface area contributed by atoms with Crippen LogP contribution in [0.15, 0.2) is 18.2 Å². The van der Waals surface area contributed by atoms with Gasteiger partial charge in [0, 0.05) is 13.2 Å². The molecular weight excluding hydrogens is 293 g/mol. The molecule has 0 bridgehead atoms. The Bertz CT molecular complexity index is 444. The van der Waals surface area contributed by atoms with Crippen molar-refractivity contribution < 1.29 is 4.74 Å². The van der Waals surface area contributed by atoms with Gasteiger partial charge in [0.05, 0.1) is 15.6 Å². The number of methoxy groups -OCH3 is 1. The van der Waals surface area contributed by atoms with E-state index in [4.69, 9.17) is 27.9 Å². The first-order valence-electron chi connectivity index (χ1n) is 7.34. The first-order chi connectivity index (χ1) is 9.61. The number of halogens is 2. The summed E-state index contributed by atoms with van der Waals surface area (Å²) in [6.07, 6.45) is 5.66. The SMILES string of the molecule is CCNC(Cc1ccc(Cl)c(Cl)c1)C1(OC)CCCC1. The minimum atomic E-state index is -0.0396. The van der Waals surface area contributed by atoms with Crippen LogP contribution < -0.4 is 5.32 Å². The molecular formula is C16H23Cl2NO. The van der Waals surface area contributed by atoms with Crippen molar-refractivity contribution in [3.05, 3.63) is 33.8 Å². The van der Waals surface area contributed by atoms with E-state index in [9.17, 15) is 0 Å². The number of hydrogen-bond acceptors (Lipinski definition) is 2. The first kappa shape index (κ1) is 16.1. The van der Waals surface area contributed by atoms with Crippen LogP contribution in [-0.4, -0.2) is 25.3 Å². The first-order valence-corrected chi connectivity index (χ1v) is 8.09. The molecule has 0 saturated heterocycles. The van der Waals surface area contributed by atoms with Gasteiger partial charge >= 0.3 is 0 Å². The highest BCUT2D eigenvalue weighted by atomic mass is 35.5. The molecule has 20 heavy (non-hydrogen) atoms. The fraction of sp³-hybridized carbons (Fsp3) is 0.625. The van der Waals surface area contributed by atoms with Crippen molar-refractivity contribution in [3.8, 4) is 0 Å². The van der Waals surface area contributed by atoms with Crippen LogP contribution in [0.2, 0.25) is 10.0 Å². The normalized spacial score (nSPS) is 19.2. The second-order valence-corrected chi connectivity index (χ2v) is 6.35. The molecule has 1 saturated carbocycles. The third-order valence-electron chi connectivity index (χ3n) is 4.37. The van der Waals surface area contributed by atoms with Crippen molar-refractivity contribution in [2.24, 2.45) is 0 Å². The summed E-state index contributed by atoms with van der Waals surface area (Å²) in [5.41, 5.74) is 1.16. The van der Waals surface area contributed by atoms with Crippen LogP contribution >= 0.6 is 23.2 Å². The lowest BCUT2D eigenvalue weighted by molar-refractivity contribution is -0.0351. The van der Waals surface area contributed by atoms with Crippen LogP contribution in [0.25, 0.3) is 0 Å². The summed E-state index contributed by atoms with van der Waals surface area (Å²) in [5, 5.41) is 4.83. The predicted molar refractivity (Wildman–Crippen MR) is 85.8 cm³/mol. The molecule has 0 amide bonds. The minimum Gasteiger partial charge on any atom is -0.377 e. The van der Waals surface area contributed by atoms with Gasteiger partial charge in [-0.25, -0.2) is 0 Å². The zero-order valence-electron chi connectivity index (χ0n) is 12.2. The molecule has 1 fully saturated rings. The molecule has 112 valence electrons. The summed E-state index contributed by atoms with van der Waals surface area (Å²) in [5.74, 6) is 0. The molecule has 2 rings (SSSR count). The number of ether oxygens (including phenoxy) is 1. The fourth-order valence-electron chi connectivity index (χ4n) is 3.26. The van der Waals surface area contributed by atoms with E-state index in [-0.39, 0.29) is 5.60 Å². The lowest BCUT2D eigenvalue weighted by Crippen LogP contribution is -2.51. The van der Waals surface area contributed by atoms with Crippen molar-refractivity contribution in [1.29, 1.82) is 0 Å². The van der Waals surface area contributed by atoms with Crippen LogP contribution in [-0.2, 0) is 11.2 Å². The lowest BCUT2D eigenvalue weighted by Gasteiger charge is -2.37. The Morgan fingerprint density at radius 1 is 1.25 bits per heavy atom. The summed E-state index contributed by atoms with van der Waals surface area (Å²) in [6.45, 7) is 3.08. The Kier molecular flexibility index (Phi) is 5.74. The molecule has 1 aromatic rings. The van der Waals surface area contributed by atoms with E-state index >= 15 is 0 Å². The maximum atomic E-state index is 6.12. The number of rotatable bonds is 6. The van der Waals surface area contributed by atoms with E-state index in [1.54, 1.807) is 0 Å². The summed E-state index contributed by atoms with van der Waals surface area (Å²) in [4.78, 5) is 0. The van der Waals surface area contributed by atoms with Gasteiger partial charge in [0.25, 0.3) is 0 Å². The van der Waals surface area contributed by atoms with Crippen LogP contribution in [0.4, 0.5) is 0 Å². The molecule has 0 heterocycles. The second kappa shape index (κ2) is 7.13. The maximum absolute atomic E-state index is 6.12. The molecule has 0 radical (unpaired) electrons. The van der Waals surface area contributed by atoms with Crippen LogP contribution in [0.1, 0.15) is 38.2 Å². The van der Waals surface area contributed by atoms with Crippen molar-refractivity contribution >= 4 is 23.2 Å². The monoisotopic (exact) mass is 315 g/mol. The van der Waals surface area contributed by atoms with Gasteiger partial charge in [0.15, 0.2) is 0 Å². The average Bonchev–Trinajstić information content (AvgIpc) is 2.92. The number of hydrogen-bond donors (Lipinski definition) is 1. The van der Waals surface area contributed by atoms with E-state index in [0.29, 0.717) is 16.1 Å². The standard InChI is InChI=1S/C16H23Cl2NO/c1-3-19-15(16(20-2)8-4-5-9-16)11-12-6-7-13(17)14(18)10-12/h6-7,10,15,19H,3-5,8-9,11H2,1-2H3. The quantitative estimate of drug-likeness (QED) is 0.836. The van der Waals surface area contributed by atoms with E-state index in [2.05, 4.69) is 18.3 Å². The highest BCUT2D eigenvalue weighted by Gasteiger charge is 2.41. The molecule has 4 heteroatoms. The van der Waals surface area contributed by atoms with Gasteiger partial charge < -0.3 is 10.1 Å². The molecule has 1 aliphatic carbocycles. The Morgan fingerprint density at radius 2 is 1.95 bits per heavy atom. The highest BCUT2D eigenvalue weighted by molar-refractivity contribution is 6.42. The van der Waals surface area contributed by atoms with Crippen LogP contribution in [0.3, 0.4) is 0 Å². The van der Waals surface area contributed by atoms with Gasteiger partial charge in [-0.2, -0.15) is 0 Å². The third-order valence-corrected chi connectivity index (χ3v) is 5.10. The topological polar surface area (TPSA) is 21.3 Å². The van der Waals surface area contributed by atoms with E-state index < -0.39 is 0 Å². The number of likely N-dealkylation sites (N-methyl/N-ethyl adjacent to an activating group) is 1. The lowest BCUT2D eigenvalue weighted by atomic mass is 9.87. The molecule has 0 spiro atoms. The van der Waals surface area contributed by atoms with Gasteiger partial charge in [-0.05, 0) is 43.5 Å². The summed E-state index contributed by atoms with van der Waals surface area (Å²) >= 11 is 12.1. The summed E-state index contributed by atoms with van der Waals surface area (Å²) < 4.78 is 5.92. The Labute approximate surface area is 131 Å². The van der Waals surface area contributed by atoms with Crippen LogP contribution in [0.5, 0.6) is 0 Å². The largest absolute Gasteiger partial charge is 0.377 e. The van der Waals surface area contributed by atoms with Gasteiger partial charge in [-0.3, -0.25) is 0 Å². The van der Waals surface area contributed by atoms with Gasteiger partial charge in [0.2, 0.25) is 0 Å². The summed E-state index contributed by atoms with van der Waals surface area (Å²) in [7, 11) is 1.84. The molecule has 1 unspecified atom stereocenters. The Balaban J connectivity index is 2.18. The van der Waals surface area contributed by atoms with Gasteiger partial charge in [-0.1, -0.05) is 49.0 Å². The smallest absolute Gasteiger partial charge is 0.0834 e. The molecule has 0 aliphatic heterocycles. The Morgan fingerprint density at radius 3 is 2.50 bits per heavy atom. The molecule has 2 nitrogen and oxygen atoms in total. The molecule has 1 N–H and O–H groups in total. The number of benzene rings is 1. The molecule has 0 aromatic heterocycles. The predicted octanol–water partition coefficient (Wildman–Crippen LogP) is 4.47. The zero-order valence-corrected chi connectivity index (χ0v) is 13.7. The Hall–Kier alpha value is -0.280. The van der Waals surface area contributed by atoms with Crippen molar-refractivity contribution in [3.63, 3.8) is 0 Å². The molecule has 1 atom stereocenters. The third kappa shape index (κ3) is 3.48.